The minimum atomic E-state index is 0.903. The second-order valence-corrected chi connectivity index (χ2v) is 4.67. The number of aryl methyl sites for hydroxylation is 1. The van der Waals surface area contributed by atoms with Crippen molar-refractivity contribution in [1.29, 1.82) is 0 Å². The lowest BCUT2D eigenvalue weighted by atomic mass is 10.1. The van der Waals surface area contributed by atoms with Crippen LogP contribution in [0, 0.1) is 0 Å². The van der Waals surface area contributed by atoms with Crippen LogP contribution in [0.3, 0.4) is 0 Å². The summed E-state index contributed by atoms with van der Waals surface area (Å²) < 4.78 is 0. The number of hydrogen-bond donors (Lipinski definition) is 1. The van der Waals surface area contributed by atoms with E-state index in [9.17, 15) is 0 Å². The van der Waals surface area contributed by atoms with Gasteiger partial charge in [0.15, 0.2) is 0 Å². The van der Waals surface area contributed by atoms with Gasteiger partial charge in [-0.05, 0) is 30.2 Å². The Bertz CT molecular complexity index is 346. The average Bonchev–Trinajstić information content (AvgIpc) is 2.45. The predicted molar refractivity (Wildman–Crippen MR) is 81.9 cm³/mol. The largest absolute Gasteiger partial charge is 0.369 e. The Morgan fingerprint density at radius 3 is 2.50 bits per heavy atom. The molecule has 1 heterocycles. The van der Waals surface area contributed by atoms with Gasteiger partial charge in [-0.1, -0.05) is 38.8 Å². The zero-order valence-corrected chi connectivity index (χ0v) is 12.6. The molecule has 0 spiro atoms. The van der Waals surface area contributed by atoms with Gasteiger partial charge in [-0.15, -0.1) is 0 Å². The van der Waals surface area contributed by atoms with Crippen molar-refractivity contribution in [3.05, 3.63) is 28.8 Å². The van der Waals surface area contributed by atoms with E-state index in [0.29, 0.717) is 0 Å². The summed E-state index contributed by atoms with van der Waals surface area (Å²) in [6.07, 6.45) is 2.21. The molecular formula is C15H25ClN2. The first-order valence-electron chi connectivity index (χ1n) is 7.05. The number of benzene rings is 1. The molecule has 0 bridgehead atoms. The minimum absolute atomic E-state index is 0.903. The summed E-state index contributed by atoms with van der Waals surface area (Å²) in [6.45, 7) is 10.5. The Morgan fingerprint density at radius 1 is 1.22 bits per heavy atom. The van der Waals surface area contributed by atoms with E-state index in [0.717, 1.165) is 44.0 Å². The molecule has 0 saturated carbocycles. The van der Waals surface area contributed by atoms with Crippen molar-refractivity contribution in [3.8, 4) is 0 Å². The Labute approximate surface area is 116 Å². The maximum absolute atomic E-state index is 6.18. The molecule has 1 saturated heterocycles. The number of anilines is 1. The van der Waals surface area contributed by atoms with Crippen molar-refractivity contribution in [3.63, 3.8) is 0 Å². The molecule has 18 heavy (non-hydrogen) atoms. The summed E-state index contributed by atoms with van der Waals surface area (Å²) in [5.41, 5.74) is 2.59. The molecule has 3 heteroatoms. The van der Waals surface area contributed by atoms with Crippen LogP contribution in [0.2, 0.25) is 5.02 Å². The fourth-order valence-corrected chi connectivity index (χ4v) is 2.35. The van der Waals surface area contributed by atoms with Crippen LogP contribution in [-0.4, -0.2) is 26.2 Å². The Balaban J connectivity index is 0.000000771. The molecule has 0 amide bonds. The highest BCUT2D eigenvalue weighted by Crippen LogP contribution is 2.24. The Morgan fingerprint density at radius 2 is 1.89 bits per heavy atom. The first-order chi connectivity index (χ1) is 8.81. The number of nitrogens with one attached hydrogen (secondary N) is 1. The third-order valence-electron chi connectivity index (χ3n) is 3.03. The second-order valence-electron chi connectivity index (χ2n) is 4.26. The Kier molecular flexibility index (Phi) is 7.14. The molecule has 1 fully saturated rings. The van der Waals surface area contributed by atoms with Crippen LogP contribution in [0.25, 0.3) is 0 Å². The van der Waals surface area contributed by atoms with Crippen molar-refractivity contribution >= 4 is 17.3 Å². The zero-order chi connectivity index (χ0) is 13.4. The maximum Gasteiger partial charge on any atom is 0.0439 e. The molecule has 0 radical (unpaired) electrons. The molecule has 1 aliphatic rings. The highest BCUT2D eigenvalue weighted by atomic mass is 35.5. The van der Waals surface area contributed by atoms with Gasteiger partial charge in [0.2, 0.25) is 0 Å². The summed E-state index contributed by atoms with van der Waals surface area (Å²) in [5.74, 6) is 0. The number of nitrogens with zero attached hydrogens (tertiary/aromatic N) is 1. The molecule has 0 atom stereocenters. The van der Waals surface area contributed by atoms with E-state index in [-0.39, 0.29) is 0 Å². The molecular weight excluding hydrogens is 244 g/mol. The van der Waals surface area contributed by atoms with Crippen molar-refractivity contribution in [2.75, 3.05) is 31.1 Å². The van der Waals surface area contributed by atoms with Gasteiger partial charge in [0, 0.05) is 36.9 Å². The van der Waals surface area contributed by atoms with Crippen molar-refractivity contribution in [2.24, 2.45) is 0 Å². The lowest BCUT2D eigenvalue weighted by Gasteiger charge is -2.29. The van der Waals surface area contributed by atoms with Gasteiger partial charge in [0.1, 0.15) is 0 Å². The molecule has 102 valence electrons. The molecule has 0 unspecified atom stereocenters. The SMILES string of the molecule is CC.CCCc1cc(N2CCNCC2)ccc1Cl. The molecule has 1 aliphatic heterocycles. The standard InChI is InChI=1S/C13H19ClN2.C2H6/c1-2-3-11-10-12(4-5-13(11)14)16-8-6-15-7-9-16;1-2/h4-5,10,15H,2-3,6-9H2,1H3;1-2H3. The van der Waals surface area contributed by atoms with E-state index in [4.69, 9.17) is 11.6 Å². The van der Waals surface area contributed by atoms with Gasteiger partial charge in [-0.25, -0.2) is 0 Å². The number of hydrogen-bond acceptors (Lipinski definition) is 2. The first kappa shape index (κ1) is 15.3. The van der Waals surface area contributed by atoms with Crippen LogP contribution in [-0.2, 0) is 6.42 Å². The topological polar surface area (TPSA) is 15.3 Å². The highest BCUT2D eigenvalue weighted by Gasteiger charge is 2.11. The predicted octanol–water partition coefficient (Wildman–Crippen LogP) is 3.73. The van der Waals surface area contributed by atoms with Crippen LogP contribution < -0.4 is 10.2 Å². The van der Waals surface area contributed by atoms with Gasteiger partial charge < -0.3 is 10.2 Å². The highest BCUT2D eigenvalue weighted by molar-refractivity contribution is 6.31. The van der Waals surface area contributed by atoms with Crippen LogP contribution in [0.5, 0.6) is 0 Å². The lowest BCUT2D eigenvalue weighted by molar-refractivity contribution is 0.589. The molecule has 1 aromatic carbocycles. The normalized spacial score (nSPS) is 15.0. The maximum atomic E-state index is 6.18. The van der Waals surface area contributed by atoms with Crippen LogP contribution in [0.15, 0.2) is 18.2 Å². The first-order valence-corrected chi connectivity index (χ1v) is 7.43. The van der Waals surface area contributed by atoms with E-state index in [1.54, 1.807) is 0 Å². The van der Waals surface area contributed by atoms with E-state index in [1.165, 1.54) is 11.3 Å². The van der Waals surface area contributed by atoms with E-state index < -0.39 is 0 Å². The summed E-state index contributed by atoms with van der Waals surface area (Å²) >= 11 is 6.18. The monoisotopic (exact) mass is 268 g/mol. The summed E-state index contributed by atoms with van der Waals surface area (Å²) in [7, 11) is 0. The summed E-state index contributed by atoms with van der Waals surface area (Å²) in [5, 5.41) is 4.27. The molecule has 2 rings (SSSR count). The van der Waals surface area contributed by atoms with Crippen LogP contribution in [0.1, 0.15) is 32.8 Å². The molecule has 2 nitrogen and oxygen atoms in total. The zero-order valence-electron chi connectivity index (χ0n) is 11.8. The second kappa shape index (κ2) is 8.39. The quantitative estimate of drug-likeness (QED) is 0.899. The van der Waals surface area contributed by atoms with Gasteiger partial charge >= 0.3 is 0 Å². The average molecular weight is 269 g/mol. The third kappa shape index (κ3) is 4.18. The van der Waals surface area contributed by atoms with E-state index in [1.807, 2.05) is 19.9 Å². The van der Waals surface area contributed by atoms with E-state index in [2.05, 4.69) is 29.3 Å². The molecule has 0 aromatic heterocycles. The smallest absolute Gasteiger partial charge is 0.0439 e. The van der Waals surface area contributed by atoms with E-state index >= 15 is 0 Å². The summed E-state index contributed by atoms with van der Waals surface area (Å²) in [4.78, 5) is 2.42. The van der Waals surface area contributed by atoms with Gasteiger partial charge in [-0.2, -0.15) is 0 Å². The number of halogens is 1. The number of rotatable bonds is 3. The fourth-order valence-electron chi connectivity index (χ4n) is 2.14. The molecule has 1 N–H and O–H groups in total. The van der Waals surface area contributed by atoms with Crippen LogP contribution in [0.4, 0.5) is 5.69 Å². The van der Waals surface area contributed by atoms with Crippen molar-refractivity contribution < 1.29 is 0 Å². The third-order valence-corrected chi connectivity index (χ3v) is 3.40. The van der Waals surface area contributed by atoms with Gasteiger partial charge in [-0.3, -0.25) is 0 Å². The van der Waals surface area contributed by atoms with Crippen molar-refractivity contribution in [2.45, 2.75) is 33.6 Å². The lowest BCUT2D eigenvalue weighted by Crippen LogP contribution is -2.43. The Hall–Kier alpha value is -0.730. The number of piperazine rings is 1. The minimum Gasteiger partial charge on any atom is -0.369 e. The van der Waals surface area contributed by atoms with Crippen LogP contribution >= 0.6 is 11.6 Å². The van der Waals surface area contributed by atoms with Gasteiger partial charge in [0.05, 0.1) is 0 Å². The fraction of sp³-hybridized carbons (Fsp3) is 0.600. The molecule has 1 aromatic rings. The van der Waals surface area contributed by atoms with Crippen molar-refractivity contribution in [1.82, 2.24) is 5.32 Å². The van der Waals surface area contributed by atoms with Gasteiger partial charge in [0.25, 0.3) is 0 Å². The summed E-state index contributed by atoms with van der Waals surface area (Å²) in [6, 6.07) is 6.41. The molecule has 0 aliphatic carbocycles.